The molecule has 0 spiro atoms. The molecule has 2 N–H and O–H groups in total. The molecule has 24 heavy (non-hydrogen) atoms. The summed E-state index contributed by atoms with van der Waals surface area (Å²) in [6, 6.07) is 14.3. The summed E-state index contributed by atoms with van der Waals surface area (Å²) in [5.41, 5.74) is 2.56. The Morgan fingerprint density at radius 2 is 1.75 bits per heavy atom. The second kappa shape index (κ2) is 9.16. The third kappa shape index (κ3) is 6.23. The Kier molecular flexibility index (Phi) is 7.88. The molecule has 2 aromatic rings. The highest BCUT2D eigenvalue weighted by atomic mass is 35.5. The highest BCUT2D eigenvalue weighted by Gasteiger charge is 2.15. The van der Waals surface area contributed by atoms with Gasteiger partial charge in [-0.2, -0.15) is 0 Å². The molecule has 1 unspecified atom stereocenters. The van der Waals surface area contributed by atoms with Crippen LogP contribution in [-0.4, -0.2) is 17.2 Å². The lowest BCUT2D eigenvalue weighted by Gasteiger charge is -2.21. The number of halogens is 2. The molecule has 0 aliphatic rings. The first-order valence-corrected chi connectivity index (χ1v) is 8.15. The van der Waals surface area contributed by atoms with E-state index in [1.54, 1.807) is 6.07 Å². The molecule has 0 aliphatic carbocycles. The number of hydrogen-bond donors (Lipinski definition) is 2. The summed E-state index contributed by atoms with van der Waals surface area (Å²) in [6.07, 6.45) is 0.922. The SMILES string of the molecule is CC(C)(C)NCCCC(O)c1ccc(F)cc1-c1ccccc1.Cl. The van der Waals surface area contributed by atoms with E-state index in [9.17, 15) is 9.50 Å². The van der Waals surface area contributed by atoms with E-state index in [1.807, 2.05) is 30.3 Å². The molecule has 0 saturated heterocycles. The molecule has 0 aromatic heterocycles. The largest absolute Gasteiger partial charge is 0.388 e. The minimum absolute atomic E-state index is 0. The number of aliphatic hydroxyl groups is 1. The van der Waals surface area contributed by atoms with Crippen molar-refractivity contribution in [1.82, 2.24) is 5.32 Å². The second-order valence-electron chi connectivity index (χ2n) is 6.93. The van der Waals surface area contributed by atoms with Crippen LogP contribution in [0.15, 0.2) is 48.5 Å². The van der Waals surface area contributed by atoms with E-state index in [4.69, 9.17) is 0 Å². The monoisotopic (exact) mass is 351 g/mol. The highest BCUT2D eigenvalue weighted by molar-refractivity contribution is 5.85. The normalized spacial score (nSPS) is 12.5. The average molecular weight is 352 g/mol. The van der Waals surface area contributed by atoms with Gasteiger partial charge in [0.2, 0.25) is 0 Å². The fourth-order valence-corrected chi connectivity index (χ4v) is 2.60. The van der Waals surface area contributed by atoms with Gasteiger partial charge in [0.25, 0.3) is 0 Å². The zero-order valence-electron chi connectivity index (χ0n) is 14.6. The summed E-state index contributed by atoms with van der Waals surface area (Å²) in [6.45, 7) is 7.22. The van der Waals surface area contributed by atoms with Crippen molar-refractivity contribution >= 4 is 12.4 Å². The Balaban J connectivity index is 0.00000288. The quantitative estimate of drug-likeness (QED) is 0.708. The Morgan fingerprint density at radius 1 is 1.08 bits per heavy atom. The molecule has 0 saturated carbocycles. The van der Waals surface area contributed by atoms with Gasteiger partial charge in [-0.3, -0.25) is 0 Å². The molecular formula is C20H27ClFNO. The van der Waals surface area contributed by atoms with Gasteiger partial charge < -0.3 is 10.4 Å². The maximum absolute atomic E-state index is 13.6. The number of rotatable bonds is 6. The molecular weight excluding hydrogens is 325 g/mol. The highest BCUT2D eigenvalue weighted by Crippen LogP contribution is 2.31. The second-order valence-corrected chi connectivity index (χ2v) is 6.93. The number of nitrogens with one attached hydrogen (secondary N) is 1. The number of aliphatic hydroxyl groups excluding tert-OH is 1. The van der Waals surface area contributed by atoms with Crippen LogP contribution in [0, 0.1) is 5.82 Å². The van der Waals surface area contributed by atoms with Crippen LogP contribution in [0.3, 0.4) is 0 Å². The first-order chi connectivity index (χ1) is 10.9. The first kappa shape index (κ1) is 20.6. The van der Waals surface area contributed by atoms with Gasteiger partial charge in [-0.05, 0) is 69.0 Å². The molecule has 0 fully saturated rings. The van der Waals surface area contributed by atoms with Crippen LogP contribution in [0.25, 0.3) is 11.1 Å². The van der Waals surface area contributed by atoms with Crippen LogP contribution in [0.1, 0.15) is 45.3 Å². The minimum Gasteiger partial charge on any atom is -0.388 e. The summed E-state index contributed by atoms with van der Waals surface area (Å²) >= 11 is 0. The third-order valence-electron chi connectivity index (χ3n) is 3.77. The molecule has 1 atom stereocenters. The van der Waals surface area contributed by atoms with Gasteiger partial charge in [0.05, 0.1) is 6.10 Å². The molecule has 2 nitrogen and oxygen atoms in total. The fraction of sp³-hybridized carbons (Fsp3) is 0.400. The Morgan fingerprint density at radius 3 is 2.38 bits per heavy atom. The van der Waals surface area contributed by atoms with Crippen molar-refractivity contribution in [2.45, 2.75) is 45.3 Å². The van der Waals surface area contributed by atoms with Crippen molar-refractivity contribution < 1.29 is 9.50 Å². The number of hydrogen-bond acceptors (Lipinski definition) is 2. The molecule has 0 bridgehead atoms. The van der Waals surface area contributed by atoms with E-state index in [-0.39, 0.29) is 23.8 Å². The maximum atomic E-state index is 13.6. The summed E-state index contributed by atoms with van der Waals surface area (Å²) in [5.74, 6) is -0.283. The first-order valence-electron chi connectivity index (χ1n) is 8.15. The van der Waals surface area contributed by atoms with Crippen molar-refractivity contribution in [2.75, 3.05) is 6.54 Å². The molecule has 0 amide bonds. The lowest BCUT2D eigenvalue weighted by Crippen LogP contribution is -2.36. The topological polar surface area (TPSA) is 32.3 Å². The van der Waals surface area contributed by atoms with Crippen LogP contribution >= 0.6 is 12.4 Å². The summed E-state index contributed by atoms with van der Waals surface area (Å²) < 4.78 is 13.6. The Hall–Kier alpha value is -1.42. The van der Waals surface area contributed by atoms with Crippen LogP contribution < -0.4 is 5.32 Å². The smallest absolute Gasteiger partial charge is 0.123 e. The van der Waals surface area contributed by atoms with Crippen molar-refractivity contribution in [3.8, 4) is 11.1 Å². The molecule has 132 valence electrons. The van der Waals surface area contributed by atoms with Gasteiger partial charge >= 0.3 is 0 Å². The molecule has 2 rings (SSSR count). The molecule has 0 heterocycles. The lowest BCUT2D eigenvalue weighted by atomic mass is 9.94. The van der Waals surface area contributed by atoms with Crippen LogP contribution in [0.5, 0.6) is 0 Å². The minimum atomic E-state index is -0.590. The summed E-state index contributed by atoms with van der Waals surface area (Å²) in [5, 5.41) is 13.9. The Bertz CT molecular complexity index is 625. The standard InChI is InChI=1S/C20H26FNO.ClH/c1-20(2,3)22-13-7-10-19(23)17-12-11-16(21)14-18(17)15-8-5-4-6-9-15;/h4-6,8-9,11-12,14,19,22-23H,7,10,13H2,1-3H3;1H. The van der Waals surface area contributed by atoms with Gasteiger partial charge in [0.15, 0.2) is 0 Å². The predicted octanol–water partition coefficient (Wildman–Crippen LogP) is 5.12. The van der Waals surface area contributed by atoms with Gasteiger partial charge in [0, 0.05) is 5.54 Å². The third-order valence-corrected chi connectivity index (χ3v) is 3.77. The van der Waals surface area contributed by atoms with Gasteiger partial charge in [-0.15, -0.1) is 12.4 Å². The Labute approximate surface area is 150 Å². The fourth-order valence-electron chi connectivity index (χ4n) is 2.60. The summed E-state index contributed by atoms with van der Waals surface area (Å²) in [7, 11) is 0. The van der Waals surface area contributed by atoms with Gasteiger partial charge in [-0.1, -0.05) is 36.4 Å². The molecule has 2 aromatic carbocycles. The van der Waals surface area contributed by atoms with Crippen molar-refractivity contribution in [3.05, 3.63) is 59.9 Å². The van der Waals surface area contributed by atoms with E-state index in [0.717, 1.165) is 29.7 Å². The number of benzene rings is 2. The molecule has 0 radical (unpaired) electrons. The van der Waals surface area contributed by atoms with Crippen molar-refractivity contribution in [1.29, 1.82) is 0 Å². The van der Waals surface area contributed by atoms with Crippen molar-refractivity contribution in [3.63, 3.8) is 0 Å². The predicted molar refractivity (Wildman–Crippen MR) is 101 cm³/mol. The van der Waals surface area contributed by atoms with Crippen LogP contribution in [-0.2, 0) is 0 Å². The van der Waals surface area contributed by atoms with Gasteiger partial charge in [0.1, 0.15) is 5.82 Å². The van der Waals surface area contributed by atoms with Gasteiger partial charge in [-0.25, -0.2) is 4.39 Å². The lowest BCUT2D eigenvalue weighted by molar-refractivity contribution is 0.163. The van der Waals surface area contributed by atoms with Crippen molar-refractivity contribution in [2.24, 2.45) is 0 Å². The maximum Gasteiger partial charge on any atom is 0.123 e. The van der Waals surface area contributed by atoms with E-state index >= 15 is 0 Å². The molecule has 0 aliphatic heterocycles. The molecule has 4 heteroatoms. The van der Waals surface area contributed by atoms with E-state index in [2.05, 4.69) is 26.1 Å². The summed E-state index contributed by atoms with van der Waals surface area (Å²) in [4.78, 5) is 0. The zero-order valence-corrected chi connectivity index (χ0v) is 15.4. The van der Waals surface area contributed by atoms with E-state index < -0.39 is 6.10 Å². The van der Waals surface area contributed by atoms with Crippen LogP contribution in [0.2, 0.25) is 0 Å². The van der Waals surface area contributed by atoms with E-state index in [1.165, 1.54) is 12.1 Å². The zero-order chi connectivity index (χ0) is 16.9. The van der Waals surface area contributed by atoms with Crippen LogP contribution in [0.4, 0.5) is 4.39 Å². The average Bonchev–Trinajstić information content (AvgIpc) is 2.51. The van der Waals surface area contributed by atoms with E-state index in [0.29, 0.717) is 6.42 Å².